The van der Waals surface area contributed by atoms with E-state index < -0.39 is 5.97 Å². The van der Waals surface area contributed by atoms with Crippen LogP contribution >= 0.6 is 11.8 Å². The molecule has 0 unspecified atom stereocenters. The van der Waals surface area contributed by atoms with Gasteiger partial charge in [0.2, 0.25) is 5.91 Å². The van der Waals surface area contributed by atoms with Crippen LogP contribution in [0.3, 0.4) is 0 Å². The zero-order chi connectivity index (χ0) is 23.8. The van der Waals surface area contributed by atoms with E-state index in [0.29, 0.717) is 17.1 Å². The van der Waals surface area contributed by atoms with E-state index in [1.165, 1.54) is 12.1 Å². The number of nitrogens with zero attached hydrogens (tertiary/aromatic N) is 1. The molecule has 0 bridgehead atoms. The van der Waals surface area contributed by atoms with Crippen molar-refractivity contribution in [3.63, 3.8) is 0 Å². The number of rotatable bonds is 8. The molecule has 0 fully saturated rings. The summed E-state index contributed by atoms with van der Waals surface area (Å²) in [6.45, 7) is 3.88. The number of ether oxygens (including phenoxy) is 2. The molecule has 1 N–H and O–H groups in total. The van der Waals surface area contributed by atoms with E-state index in [-0.39, 0.29) is 47.7 Å². The number of aliphatic hydroxyl groups is 1. The minimum atomic E-state index is -0.727. The lowest BCUT2D eigenvalue weighted by Gasteiger charge is -2.07. The molecule has 2 aromatic carbocycles. The minimum Gasteiger partial charge on any atom is -0.506 e. The van der Waals surface area contributed by atoms with Gasteiger partial charge >= 0.3 is 5.97 Å². The Hall–Kier alpha value is -3.39. The maximum absolute atomic E-state index is 13.3. The number of thioether (sulfide) groups is 1. The van der Waals surface area contributed by atoms with Crippen molar-refractivity contribution < 1.29 is 28.6 Å². The summed E-state index contributed by atoms with van der Waals surface area (Å²) in [4.78, 5) is 28.7. The summed E-state index contributed by atoms with van der Waals surface area (Å²) in [5.74, 6) is -1.08. The predicted octanol–water partition coefficient (Wildman–Crippen LogP) is 5.59. The number of halogens is 1. The second-order valence-electron chi connectivity index (χ2n) is 7.10. The van der Waals surface area contributed by atoms with Crippen molar-refractivity contribution in [2.45, 2.75) is 33.3 Å². The summed E-state index contributed by atoms with van der Waals surface area (Å²) in [7, 11) is 0. The summed E-state index contributed by atoms with van der Waals surface area (Å²) in [5.41, 5.74) is 1.36. The van der Waals surface area contributed by atoms with E-state index in [0.717, 1.165) is 22.9 Å². The number of amides is 1. The van der Waals surface area contributed by atoms with E-state index >= 15 is 0 Å². The topological polar surface area (TPSA) is 85.2 Å². The highest BCUT2D eigenvalue weighted by Gasteiger charge is 2.33. The van der Waals surface area contributed by atoms with Gasteiger partial charge in [-0.05, 0) is 54.8 Å². The number of hydrogen-bond acceptors (Lipinski definition) is 6. The van der Waals surface area contributed by atoms with E-state index in [4.69, 9.17) is 9.47 Å². The Labute approximate surface area is 195 Å². The van der Waals surface area contributed by atoms with Gasteiger partial charge in [-0.3, -0.25) is 4.79 Å². The van der Waals surface area contributed by atoms with Crippen LogP contribution in [-0.2, 0) is 20.9 Å². The lowest BCUT2D eigenvalue weighted by atomic mass is 10.1. The van der Waals surface area contributed by atoms with Gasteiger partial charge in [0.25, 0.3) is 0 Å². The number of aliphatic imine (C=N–C) groups is 1. The van der Waals surface area contributed by atoms with Crippen molar-refractivity contribution in [1.29, 1.82) is 0 Å². The van der Waals surface area contributed by atoms with Crippen molar-refractivity contribution in [3.8, 4) is 5.75 Å². The number of carbonyl (C=O) groups is 2. The molecule has 172 valence electrons. The summed E-state index contributed by atoms with van der Waals surface area (Å²) in [6, 6.07) is 13.2. The largest absolute Gasteiger partial charge is 0.506 e. The molecule has 2 aromatic rings. The van der Waals surface area contributed by atoms with E-state index in [2.05, 4.69) is 4.99 Å². The van der Waals surface area contributed by atoms with Gasteiger partial charge in [0.1, 0.15) is 34.5 Å². The van der Waals surface area contributed by atoms with Crippen LogP contribution in [-0.4, -0.2) is 28.6 Å². The molecule has 3 rings (SSSR count). The lowest BCUT2D eigenvalue weighted by Crippen LogP contribution is -2.14. The standard InChI is InChI=1S/C25H24FNO5S/c1-3-6-21(28)27-24-22(25(30)31-4-2)23(29)20(33-24)14-16-9-11-19(12-10-16)32-15-17-7-5-8-18(26)13-17/h5,7-14,29H,3-4,6,15H2,1-2H3/b20-14-,27-24?. The van der Waals surface area contributed by atoms with Crippen molar-refractivity contribution in [2.24, 2.45) is 4.99 Å². The molecule has 1 aliphatic rings. The molecular formula is C25H24FNO5S. The SMILES string of the molecule is CCCC(=O)N=C1S/C(=C\c2ccc(OCc3cccc(F)c3)cc2)C(O)=C1C(=O)OCC. The molecule has 6 nitrogen and oxygen atoms in total. The normalized spacial score (nSPS) is 15.8. The summed E-state index contributed by atoms with van der Waals surface area (Å²) < 4.78 is 24.0. The Morgan fingerprint density at radius 2 is 1.91 bits per heavy atom. The number of carbonyl (C=O) groups excluding carboxylic acids is 2. The van der Waals surface area contributed by atoms with Crippen LogP contribution in [0.15, 0.2) is 69.8 Å². The highest BCUT2D eigenvalue weighted by atomic mass is 32.2. The van der Waals surface area contributed by atoms with E-state index in [1.807, 2.05) is 6.92 Å². The molecule has 0 spiro atoms. The number of esters is 1. The fraction of sp³-hybridized carbons (Fsp3) is 0.240. The summed E-state index contributed by atoms with van der Waals surface area (Å²) in [6.07, 6.45) is 2.56. The fourth-order valence-corrected chi connectivity index (χ4v) is 4.01. The van der Waals surface area contributed by atoms with Crippen molar-refractivity contribution >= 4 is 34.8 Å². The number of benzene rings is 2. The van der Waals surface area contributed by atoms with Crippen LogP contribution < -0.4 is 4.74 Å². The van der Waals surface area contributed by atoms with Gasteiger partial charge in [0.05, 0.1) is 11.5 Å². The van der Waals surface area contributed by atoms with Crippen LogP contribution in [0, 0.1) is 5.82 Å². The van der Waals surface area contributed by atoms with Crippen molar-refractivity contribution in [1.82, 2.24) is 0 Å². The van der Waals surface area contributed by atoms with Crippen LogP contribution in [0.1, 0.15) is 37.8 Å². The van der Waals surface area contributed by atoms with E-state index in [9.17, 15) is 19.1 Å². The molecular weight excluding hydrogens is 445 g/mol. The first-order chi connectivity index (χ1) is 15.9. The summed E-state index contributed by atoms with van der Waals surface area (Å²) >= 11 is 1.04. The Bertz CT molecular complexity index is 1120. The second-order valence-corrected chi connectivity index (χ2v) is 8.13. The van der Waals surface area contributed by atoms with Gasteiger partial charge in [0, 0.05) is 6.42 Å². The average Bonchev–Trinajstić information content (AvgIpc) is 3.08. The molecule has 33 heavy (non-hydrogen) atoms. The molecule has 0 atom stereocenters. The first-order valence-corrected chi connectivity index (χ1v) is 11.3. The third-order valence-corrected chi connectivity index (χ3v) is 5.55. The Morgan fingerprint density at radius 3 is 2.58 bits per heavy atom. The minimum absolute atomic E-state index is 0.104. The van der Waals surface area contributed by atoms with Gasteiger partial charge in [-0.1, -0.05) is 43.0 Å². The number of aliphatic hydroxyl groups excluding tert-OH is 1. The van der Waals surface area contributed by atoms with Gasteiger partial charge in [-0.2, -0.15) is 0 Å². The van der Waals surface area contributed by atoms with Crippen LogP contribution in [0.5, 0.6) is 5.75 Å². The molecule has 8 heteroatoms. The van der Waals surface area contributed by atoms with Gasteiger partial charge < -0.3 is 14.6 Å². The average molecular weight is 470 g/mol. The molecule has 0 saturated carbocycles. The van der Waals surface area contributed by atoms with E-state index in [1.54, 1.807) is 49.4 Å². The first-order valence-electron chi connectivity index (χ1n) is 10.5. The van der Waals surface area contributed by atoms with Gasteiger partial charge in [-0.25, -0.2) is 14.2 Å². The molecule has 1 heterocycles. The molecule has 0 aliphatic carbocycles. The van der Waals surface area contributed by atoms with Crippen molar-refractivity contribution in [3.05, 3.63) is 81.7 Å². The molecule has 1 amide bonds. The Morgan fingerprint density at radius 1 is 1.15 bits per heavy atom. The predicted molar refractivity (Wildman–Crippen MR) is 126 cm³/mol. The van der Waals surface area contributed by atoms with Crippen molar-refractivity contribution in [2.75, 3.05) is 6.61 Å². The molecule has 1 aliphatic heterocycles. The third kappa shape index (κ3) is 6.55. The quantitative estimate of drug-likeness (QED) is 0.507. The Balaban J connectivity index is 1.78. The van der Waals surface area contributed by atoms with Gasteiger partial charge in [-0.15, -0.1) is 0 Å². The zero-order valence-corrected chi connectivity index (χ0v) is 19.2. The van der Waals surface area contributed by atoms with Crippen LogP contribution in [0.2, 0.25) is 0 Å². The Kier molecular flexibility index (Phi) is 8.43. The zero-order valence-electron chi connectivity index (χ0n) is 18.3. The summed E-state index contributed by atoms with van der Waals surface area (Å²) in [5, 5.41) is 10.8. The van der Waals surface area contributed by atoms with Crippen LogP contribution in [0.4, 0.5) is 4.39 Å². The second kappa shape index (κ2) is 11.5. The monoisotopic (exact) mass is 469 g/mol. The highest BCUT2D eigenvalue weighted by Crippen LogP contribution is 2.39. The molecule has 0 saturated heterocycles. The van der Waals surface area contributed by atoms with Crippen LogP contribution in [0.25, 0.3) is 6.08 Å². The highest BCUT2D eigenvalue weighted by molar-refractivity contribution is 8.18. The van der Waals surface area contributed by atoms with Gasteiger partial charge in [0.15, 0.2) is 0 Å². The fourth-order valence-electron chi connectivity index (χ4n) is 2.98. The molecule has 0 radical (unpaired) electrons. The maximum Gasteiger partial charge on any atom is 0.344 e. The lowest BCUT2D eigenvalue weighted by molar-refractivity contribution is -0.138. The first kappa shape index (κ1) is 24.3. The number of hydrogen-bond donors (Lipinski definition) is 1. The smallest absolute Gasteiger partial charge is 0.344 e. The molecule has 0 aromatic heterocycles. The third-order valence-electron chi connectivity index (χ3n) is 4.53. The maximum atomic E-state index is 13.3.